The van der Waals surface area contributed by atoms with Crippen molar-refractivity contribution < 1.29 is 13.8 Å². The molecular formula is C16H16N4O3. The van der Waals surface area contributed by atoms with E-state index < -0.39 is 0 Å². The topological polar surface area (TPSA) is 85.3 Å². The SMILES string of the molecule is CC(=O)N(C)CCc1noc(-c2cc(-c3ccccc3)no2)n1. The summed E-state index contributed by atoms with van der Waals surface area (Å²) in [7, 11) is 1.73. The molecule has 0 atom stereocenters. The minimum Gasteiger partial charge on any atom is -0.350 e. The molecule has 0 N–H and O–H groups in total. The van der Waals surface area contributed by atoms with Crippen molar-refractivity contribution in [1.82, 2.24) is 20.2 Å². The molecule has 0 saturated heterocycles. The Bertz CT molecular complexity index is 795. The molecule has 1 aromatic carbocycles. The molecule has 2 heterocycles. The third-order valence-electron chi connectivity index (χ3n) is 3.47. The van der Waals surface area contributed by atoms with E-state index in [1.807, 2.05) is 30.3 Å². The Labute approximate surface area is 132 Å². The molecule has 0 radical (unpaired) electrons. The molecule has 7 heteroatoms. The molecule has 7 nitrogen and oxygen atoms in total. The van der Waals surface area contributed by atoms with E-state index in [0.717, 1.165) is 5.56 Å². The fourth-order valence-electron chi connectivity index (χ4n) is 2.00. The van der Waals surface area contributed by atoms with Crippen LogP contribution >= 0.6 is 0 Å². The smallest absolute Gasteiger partial charge is 0.296 e. The standard InChI is InChI=1S/C16H16N4O3/c1-11(21)20(2)9-8-15-17-16(23-19-15)14-10-13(18-22-14)12-6-4-3-5-7-12/h3-7,10H,8-9H2,1-2H3. The zero-order valence-electron chi connectivity index (χ0n) is 12.9. The van der Waals surface area contributed by atoms with Crippen LogP contribution in [-0.2, 0) is 11.2 Å². The van der Waals surface area contributed by atoms with Crippen molar-refractivity contribution in [3.8, 4) is 22.9 Å². The van der Waals surface area contributed by atoms with E-state index in [4.69, 9.17) is 9.05 Å². The zero-order chi connectivity index (χ0) is 16.2. The maximum Gasteiger partial charge on any atom is 0.296 e. The van der Waals surface area contributed by atoms with Gasteiger partial charge >= 0.3 is 0 Å². The molecule has 0 aliphatic carbocycles. The first-order chi connectivity index (χ1) is 11.1. The van der Waals surface area contributed by atoms with E-state index in [9.17, 15) is 4.79 Å². The number of hydrogen-bond acceptors (Lipinski definition) is 6. The monoisotopic (exact) mass is 312 g/mol. The lowest BCUT2D eigenvalue weighted by Gasteiger charge is -2.12. The van der Waals surface area contributed by atoms with Crippen LogP contribution in [0.15, 0.2) is 45.4 Å². The Kier molecular flexibility index (Phi) is 4.18. The summed E-state index contributed by atoms with van der Waals surface area (Å²) in [5.41, 5.74) is 1.65. The largest absolute Gasteiger partial charge is 0.350 e. The molecule has 0 spiro atoms. The summed E-state index contributed by atoms with van der Waals surface area (Å²) in [6.45, 7) is 2.04. The minimum atomic E-state index is -0.00328. The van der Waals surface area contributed by atoms with Gasteiger partial charge in [0.15, 0.2) is 5.82 Å². The van der Waals surface area contributed by atoms with Crippen LogP contribution in [-0.4, -0.2) is 39.7 Å². The van der Waals surface area contributed by atoms with Gasteiger partial charge in [-0.05, 0) is 0 Å². The zero-order valence-corrected chi connectivity index (χ0v) is 12.9. The average Bonchev–Trinajstić information content (AvgIpc) is 3.22. The van der Waals surface area contributed by atoms with E-state index in [-0.39, 0.29) is 11.8 Å². The van der Waals surface area contributed by atoms with Crippen molar-refractivity contribution in [2.24, 2.45) is 0 Å². The molecule has 0 unspecified atom stereocenters. The third kappa shape index (κ3) is 3.45. The summed E-state index contributed by atoms with van der Waals surface area (Å²) in [5.74, 6) is 1.21. The summed E-state index contributed by atoms with van der Waals surface area (Å²) in [6, 6.07) is 11.4. The van der Waals surface area contributed by atoms with Gasteiger partial charge in [0.2, 0.25) is 11.7 Å². The molecule has 0 aliphatic rings. The summed E-state index contributed by atoms with van der Waals surface area (Å²) in [4.78, 5) is 17.0. The Morgan fingerprint density at radius 2 is 1.96 bits per heavy atom. The van der Waals surface area contributed by atoms with Gasteiger partial charge in [-0.25, -0.2) is 0 Å². The molecule has 23 heavy (non-hydrogen) atoms. The van der Waals surface area contributed by atoms with Gasteiger partial charge in [0.1, 0.15) is 5.69 Å². The number of rotatable bonds is 5. The lowest BCUT2D eigenvalue weighted by molar-refractivity contribution is -0.127. The van der Waals surface area contributed by atoms with Crippen molar-refractivity contribution in [3.05, 3.63) is 42.2 Å². The van der Waals surface area contributed by atoms with Crippen LogP contribution in [0.25, 0.3) is 22.9 Å². The Morgan fingerprint density at radius 3 is 2.70 bits per heavy atom. The van der Waals surface area contributed by atoms with Crippen LogP contribution in [0.3, 0.4) is 0 Å². The van der Waals surface area contributed by atoms with Gasteiger partial charge in [0, 0.05) is 38.6 Å². The van der Waals surface area contributed by atoms with Crippen LogP contribution in [0, 0.1) is 0 Å². The van der Waals surface area contributed by atoms with Crippen LogP contribution < -0.4 is 0 Å². The minimum absolute atomic E-state index is 0.00328. The van der Waals surface area contributed by atoms with Gasteiger partial charge in [-0.1, -0.05) is 40.6 Å². The lowest BCUT2D eigenvalue weighted by Crippen LogP contribution is -2.26. The van der Waals surface area contributed by atoms with Gasteiger partial charge in [0.25, 0.3) is 5.89 Å². The fraction of sp³-hybridized carbons (Fsp3) is 0.250. The second kappa shape index (κ2) is 6.43. The van der Waals surface area contributed by atoms with E-state index in [1.54, 1.807) is 18.0 Å². The van der Waals surface area contributed by atoms with E-state index in [0.29, 0.717) is 30.2 Å². The number of benzene rings is 1. The average molecular weight is 312 g/mol. The number of aromatic nitrogens is 3. The molecule has 2 aromatic heterocycles. The summed E-state index contributed by atoms with van der Waals surface area (Å²) in [5, 5.41) is 7.91. The molecule has 0 saturated carbocycles. The second-order valence-electron chi connectivity index (χ2n) is 5.15. The normalized spacial score (nSPS) is 10.7. The maximum absolute atomic E-state index is 11.2. The van der Waals surface area contributed by atoms with Crippen molar-refractivity contribution in [2.75, 3.05) is 13.6 Å². The number of likely N-dealkylation sites (N-methyl/N-ethyl adjacent to an activating group) is 1. The molecule has 0 aliphatic heterocycles. The first kappa shape index (κ1) is 15.0. The second-order valence-corrected chi connectivity index (χ2v) is 5.15. The van der Waals surface area contributed by atoms with Crippen molar-refractivity contribution >= 4 is 5.91 Å². The summed E-state index contributed by atoms with van der Waals surface area (Å²) < 4.78 is 10.5. The summed E-state index contributed by atoms with van der Waals surface area (Å²) in [6.07, 6.45) is 0.513. The predicted octanol–water partition coefficient (Wildman–Crippen LogP) is 2.41. The Hall–Kier alpha value is -2.96. The van der Waals surface area contributed by atoms with Crippen molar-refractivity contribution in [1.29, 1.82) is 0 Å². The first-order valence-electron chi connectivity index (χ1n) is 7.20. The molecule has 1 amide bonds. The number of carbonyl (C=O) groups is 1. The summed E-state index contributed by atoms with van der Waals surface area (Å²) >= 11 is 0. The highest BCUT2D eigenvalue weighted by Gasteiger charge is 2.15. The van der Waals surface area contributed by atoms with Gasteiger partial charge in [-0.2, -0.15) is 4.98 Å². The quantitative estimate of drug-likeness (QED) is 0.719. The van der Waals surface area contributed by atoms with Crippen LogP contribution in [0.2, 0.25) is 0 Å². The van der Waals surface area contributed by atoms with Gasteiger partial charge in [0.05, 0.1) is 0 Å². The maximum atomic E-state index is 11.2. The molecular weight excluding hydrogens is 296 g/mol. The number of nitrogens with zero attached hydrogens (tertiary/aromatic N) is 4. The van der Waals surface area contributed by atoms with E-state index >= 15 is 0 Å². The third-order valence-corrected chi connectivity index (χ3v) is 3.47. The highest BCUT2D eigenvalue weighted by atomic mass is 16.5. The van der Waals surface area contributed by atoms with Crippen LogP contribution in [0.5, 0.6) is 0 Å². The molecule has 3 rings (SSSR count). The van der Waals surface area contributed by atoms with Crippen LogP contribution in [0.1, 0.15) is 12.7 Å². The van der Waals surface area contributed by atoms with Gasteiger partial charge < -0.3 is 13.9 Å². The number of amides is 1. The van der Waals surface area contributed by atoms with Gasteiger partial charge in [-0.3, -0.25) is 4.79 Å². The fourth-order valence-corrected chi connectivity index (χ4v) is 2.00. The lowest BCUT2D eigenvalue weighted by atomic mass is 10.1. The Balaban J connectivity index is 1.71. The molecule has 118 valence electrons. The predicted molar refractivity (Wildman–Crippen MR) is 82.2 cm³/mol. The van der Waals surface area contributed by atoms with E-state index in [1.165, 1.54) is 6.92 Å². The van der Waals surface area contributed by atoms with Gasteiger partial charge in [-0.15, -0.1) is 0 Å². The van der Waals surface area contributed by atoms with E-state index in [2.05, 4.69) is 15.3 Å². The Morgan fingerprint density at radius 1 is 1.17 bits per heavy atom. The van der Waals surface area contributed by atoms with Crippen LogP contribution in [0.4, 0.5) is 0 Å². The number of hydrogen-bond donors (Lipinski definition) is 0. The van der Waals surface area contributed by atoms with Crippen molar-refractivity contribution in [2.45, 2.75) is 13.3 Å². The first-order valence-corrected chi connectivity index (χ1v) is 7.20. The highest BCUT2D eigenvalue weighted by molar-refractivity contribution is 5.72. The van der Waals surface area contributed by atoms with Crippen molar-refractivity contribution in [3.63, 3.8) is 0 Å². The molecule has 0 fully saturated rings. The molecule has 0 bridgehead atoms. The number of carbonyl (C=O) groups excluding carboxylic acids is 1. The highest BCUT2D eigenvalue weighted by Crippen LogP contribution is 2.24. The molecule has 3 aromatic rings.